The summed E-state index contributed by atoms with van der Waals surface area (Å²) in [6.45, 7) is 11.6. The average Bonchev–Trinajstić information content (AvgIpc) is 3.97. The number of imidazole rings is 2. The molecule has 0 unspecified atom stereocenters. The summed E-state index contributed by atoms with van der Waals surface area (Å²) in [7, 11) is 2.56. The number of H-pyrrole nitrogens is 2. The molecule has 1 aromatic carbocycles. The molecule has 0 spiro atoms. The largest absolute Gasteiger partial charge is 0.453 e. The van der Waals surface area contributed by atoms with E-state index in [2.05, 4.69) is 54.3 Å². The lowest BCUT2D eigenvalue weighted by Gasteiger charge is -2.32. The van der Waals surface area contributed by atoms with Crippen molar-refractivity contribution in [3.8, 4) is 23.7 Å². The molecule has 4 amide bonds. The number of methoxy groups -OCH3 is 2. The third kappa shape index (κ3) is 9.05. The summed E-state index contributed by atoms with van der Waals surface area (Å²) in [5, 5.41) is 5.37. The van der Waals surface area contributed by atoms with E-state index in [9.17, 15) is 19.2 Å². The minimum absolute atomic E-state index is 0.0160. The lowest BCUT2D eigenvalue weighted by atomic mass is 10.0. The van der Waals surface area contributed by atoms with Crippen molar-refractivity contribution in [3.63, 3.8) is 0 Å². The predicted molar refractivity (Wildman–Crippen MR) is 200 cm³/mol. The van der Waals surface area contributed by atoms with Gasteiger partial charge in [-0.2, -0.15) is 0 Å². The van der Waals surface area contributed by atoms with Crippen LogP contribution < -0.4 is 10.6 Å². The molecule has 14 heteroatoms. The molecule has 4 N–H and O–H groups in total. The summed E-state index contributed by atoms with van der Waals surface area (Å²) in [6, 6.07) is 5.58. The van der Waals surface area contributed by atoms with Crippen LogP contribution in [0, 0.1) is 35.5 Å². The van der Waals surface area contributed by atoms with Gasteiger partial charge in [0.15, 0.2) is 0 Å². The van der Waals surface area contributed by atoms with Gasteiger partial charge < -0.3 is 39.9 Å². The Morgan fingerprint density at radius 3 is 1.37 bits per heavy atom. The van der Waals surface area contributed by atoms with Crippen LogP contribution in [0.5, 0.6) is 0 Å². The quantitative estimate of drug-likeness (QED) is 0.239. The van der Waals surface area contributed by atoms with E-state index in [1.165, 1.54) is 14.2 Å². The fraction of sp³-hybridized carbons (Fsp3) is 0.500. The van der Waals surface area contributed by atoms with Crippen molar-refractivity contribution < 1.29 is 28.7 Å². The maximum Gasteiger partial charge on any atom is 0.407 e. The van der Waals surface area contributed by atoms with Gasteiger partial charge in [0.2, 0.25) is 11.8 Å². The second kappa shape index (κ2) is 17.4. The van der Waals surface area contributed by atoms with E-state index in [-0.39, 0.29) is 47.8 Å². The van der Waals surface area contributed by atoms with E-state index < -0.39 is 24.3 Å². The van der Waals surface area contributed by atoms with Crippen LogP contribution in [0.25, 0.3) is 0 Å². The highest BCUT2D eigenvalue weighted by atomic mass is 16.5. The summed E-state index contributed by atoms with van der Waals surface area (Å²) in [4.78, 5) is 70.5. The second-order valence-electron chi connectivity index (χ2n) is 14.5. The van der Waals surface area contributed by atoms with Crippen LogP contribution in [-0.2, 0) is 19.1 Å². The number of hydrogen-bond donors (Lipinski definition) is 4. The molecular weight excluding hydrogens is 688 g/mol. The highest BCUT2D eigenvalue weighted by Crippen LogP contribution is 2.37. The van der Waals surface area contributed by atoms with E-state index in [0.717, 1.165) is 36.8 Å². The number of aromatic amines is 2. The number of ether oxygens (including phenoxy) is 2. The van der Waals surface area contributed by atoms with Crippen molar-refractivity contribution >= 4 is 24.0 Å². The molecule has 3 aromatic rings. The molecule has 0 saturated carbocycles. The molecular formula is C40H50N8O6. The summed E-state index contributed by atoms with van der Waals surface area (Å²) in [5.41, 5.74) is 2.84. The van der Waals surface area contributed by atoms with Crippen molar-refractivity contribution in [1.82, 2.24) is 40.4 Å². The van der Waals surface area contributed by atoms with Gasteiger partial charge in [0, 0.05) is 23.2 Å². The number of amides is 4. The average molecular weight is 739 g/mol. The van der Waals surface area contributed by atoms with Gasteiger partial charge in [-0.3, -0.25) is 9.59 Å². The Bertz CT molecular complexity index is 1810. The molecule has 5 rings (SSSR count). The number of carbonyl (C=O) groups is 4. The van der Waals surface area contributed by atoms with Crippen molar-refractivity contribution in [2.24, 2.45) is 11.8 Å². The summed E-state index contributed by atoms with van der Waals surface area (Å²) in [6.07, 6.45) is 5.17. The number of likely N-dealkylation sites (tertiary alicyclic amines) is 2. The molecule has 54 heavy (non-hydrogen) atoms. The maximum atomic E-state index is 13.6. The van der Waals surface area contributed by atoms with Crippen LogP contribution >= 0.6 is 0 Å². The van der Waals surface area contributed by atoms with Crippen molar-refractivity contribution in [2.45, 2.75) is 103 Å². The van der Waals surface area contributed by atoms with E-state index in [1.54, 1.807) is 22.2 Å². The minimum atomic E-state index is -0.717. The van der Waals surface area contributed by atoms with Crippen molar-refractivity contribution in [1.29, 1.82) is 0 Å². The van der Waals surface area contributed by atoms with Gasteiger partial charge in [-0.25, -0.2) is 19.6 Å². The molecule has 2 fully saturated rings. The molecule has 14 nitrogen and oxygen atoms in total. The second-order valence-corrected chi connectivity index (χ2v) is 14.5. The Hall–Kier alpha value is -5.76. The summed E-state index contributed by atoms with van der Waals surface area (Å²) < 4.78 is 9.50. The third-order valence-electron chi connectivity index (χ3n) is 10.0. The first-order valence-electron chi connectivity index (χ1n) is 18.4. The molecule has 286 valence electrons. The van der Waals surface area contributed by atoms with Gasteiger partial charge in [-0.05, 0) is 87.5 Å². The Balaban J connectivity index is 1.23. The Morgan fingerprint density at radius 1 is 0.667 bits per heavy atom. The van der Waals surface area contributed by atoms with Crippen LogP contribution in [0.2, 0.25) is 0 Å². The standard InChI is InChI=1S/C40H50N8O6/c1-23(2)33(45-39(51)53-7)37(49)47-25(5)9-19-31(47)35-41-21-29(43-35)17-15-27-11-13-28(14-12-27)16-18-30-22-42-36(44-30)32-20-10-26(6)48(32)38(50)34(24(3)4)46-40(52)54-8/h11-14,21-26,31-34H,9-10,19-20H2,1-8H3,(H,41,43)(H,42,44)(H,45,51)(H,46,52)/t25-,26-,31-,32-,33-,34-/m0/s1. The lowest BCUT2D eigenvalue weighted by molar-refractivity contribution is -0.138. The smallest absolute Gasteiger partial charge is 0.407 e. The molecule has 2 aromatic heterocycles. The van der Waals surface area contributed by atoms with Crippen molar-refractivity contribution in [3.05, 3.63) is 70.8 Å². The fourth-order valence-corrected chi connectivity index (χ4v) is 7.02. The molecule has 2 aliphatic rings. The molecule has 0 aliphatic carbocycles. The molecule has 4 heterocycles. The number of nitrogens with zero attached hydrogens (tertiary/aromatic N) is 4. The highest BCUT2D eigenvalue weighted by molar-refractivity contribution is 5.87. The SMILES string of the molecule is COC(=O)N[C@H](C(=O)N1[C@@H](C)CC[C@H]1c1ncc(C#Cc2ccc(C#Cc3cnc([C@@H]4CC[C@H](C)N4C(=O)[C@@H](NC(=O)OC)C(C)C)[nH]3)cc2)[nH]1)C(C)C. The third-order valence-corrected chi connectivity index (χ3v) is 10.0. The number of aromatic nitrogens is 4. The van der Waals surface area contributed by atoms with Gasteiger partial charge in [0.1, 0.15) is 35.1 Å². The number of benzene rings is 1. The molecule has 2 saturated heterocycles. The van der Waals surface area contributed by atoms with Gasteiger partial charge in [0.05, 0.1) is 38.7 Å². The van der Waals surface area contributed by atoms with E-state index in [4.69, 9.17) is 9.47 Å². The van der Waals surface area contributed by atoms with Crippen LogP contribution in [0.4, 0.5) is 9.59 Å². The van der Waals surface area contributed by atoms with Gasteiger partial charge >= 0.3 is 12.2 Å². The number of carbonyl (C=O) groups excluding carboxylic acids is 4. The molecule has 2 aliphatic heterocycles. The zero-order valence-electron chi connectivity index (χ0n) is 32.1. The summed E-state index contributed by atoms with van der Waals surface area (Å²) >= 11 is 0. The van der Waals surface area contributed by atoms with Crippen LogP contribution in [0.1, 0.15) is 113 Å². The van der Waals surface area contributed by atoms with Gasteiger partial charge in [0.25, 0.3) is 0 Å². The molecule has 0 bridgehead atoms. The zero-order chi connectivity index (χ0) is 39.1. The van der Waals surface area contributed by atoms with Crippen LogP contribution in [0.3, 0.4) is 0 Å². The first kappa shape index (κ1) is 39.4. The van der Waals surface area contributed by atoms with E-state index >= 15 is 0 Å². The summed E-state index contributed by atoms with van der Waals surface area (Å²) in [5.74, 6) is 13.3. The predicted octanol–water partition coefficient (Wildman–Crippen LogP) is 4.80. The van der Waals surface area contributed by atoms with Crippen molar-refractivity contribution in [2.75, 3.05) is 14.2 Å². The number of hydrogen-bond acceptors (Lipinski definition) is 8. The zero-order valence-corrected chi connectivity index (χ0v) is 32.1. The van der Waals surface area contributed by atoms with Crippen LogP contribution in [0.15, 0.2) is 36.7 Å². The highest BCUT2D eigenvalue weighted by Gasteiger charge is 2.42. The van der Waals surface area contributed by atoms with Gasteiger partial charge in [-0.1, -0.05) is 39.5 Å². The fourth-order valence-electron chi connectivity index (χ4n) is 7.02. The normalized spacial score (nSPS) is 20.4. The van der Waals surface area contributed by atoms with E-state index in [0.29, 0.717) is 23.0 Å². The first-order valence-corrected chi connectivity index (χ1v) is 18.4. The molecule has 6 atom stereocenters. The Labute approximate surface area is 316 Å². The monoisotopic (exact) mass is 738 g/mol. The van der Waals surface area contributed by atoms with E-state index in [1.807, 2.05) is 65.8 Å². The maximum absolute atomic E-state index is 13.6. The number of alkyl carbamates (subject to hydrolysis) is 2. The van der Waals surface area contributed by atoms with Gasteiger partial charge in [-0.15, -0.1) is 0 Å². The van der Waals surface area contributed by atoms with Crippen LogP contribution in [-0.4, -0.2) is 92.1 Å². The topological polar surface area (TPSA) is 175 Å². The Kier molecular flexibility index (Phi) is 12.7. The Morgan fingerprint density at radius 2 is 1.04 bits per heavy atom. The lowest BCUT2D eigenvalue weighted by Crippen LogP contribution is -2.52. The number of rotatable bonds is 8. The minimum Gasteiger partial charge on any atom is -0.453 e. The first-order chi connectivity index (χ1) is 25.8. The molecule has 0 radical (unpaired) electrons. The number of nitrogens with one attached hydrogen (secondary N) is 4.